The van der Waals surface area contributed by atoms with Gasteiger partial charge in [-0.05, 0) is 20.3 Å². The van der Waals surface area contributed by atoms with E-state index in [0.29, 0.717) is 19.6 Å². The van der Waals surface area contributed by atoms with Crippen molar-refractivity contribution >= 4 is 63.3 Å². The van der Waals surface area contributed by atoms with Crippen LogP contribution in [0.3, 0.4) is 0 Å². The first-order valence-electron chi connectivity index (χ1n) is 5.50. The molecule has 5 heteroatoms. The molecule has 89 valence electrons. The second-order valence-corrected chi connectivity index (χ2v) is 3.20. The van der Waals surface area contributed by atoms with Gasteiger partial charge in [-0.1, -0.05) is 19.8 Å². The van der Waals surface area contributed by atoms with Gasteiger partial charge in [0.05, 0.1) is 13.2 Å². The van der Waals surface area contributed by atoms with E-state index in [1.165, 1.54) is 0 Å². The number of unbranched alkanes of at least 4 members (excludes halogenated alkanes) is 1. The van der Waals surface area contributed by atoms with E-state index in [4.69, 9.17) is 9.47 Å². The minimum absolute atomic E-state index is 0. The molecule has 0 N–H and O–H groups in total. The molecule has 4 nitrogen and oxygen atoms in total. The van der Waals surface area contributed by atoms with E-state index >= 15 is 0 Å². The molecule has 0 saturated heterocycles. The summed E-state index contributed by atoms with van der Waals surface area (Å²) in [4.78, 5) is 22.9. The van der Waals surface area contributed by atoms with Crippen LogP contribution >= 0.6 is 0 Å². The zero-order valence-electron chi connectivity index (χ0n) is 10.7. The summed E-state index contributed by atoms with van der Waals surface area (Å²) in [5, 5.41) is 0. The maximum Gasteiger partial charge on any atom is 0.320 e. The molecule has 0 spiro atoms. The van der Waals surface area contributed by atoms with E-state index in [1.54, 1.807) is 13.8 Å². The predicted octanol–water partition coefficient (Wildman–Crippen LogP) is 1.54. The molecule has 0 unspecified atom stereocenters. The third-order valence-electron chi connectivity index (χ3n) is 1.99. The van der Waals surface area contributed by atoms with Crippen LogP contribution in [0.15, 0.2) is 0 Å². The van der Waals surface area contributed by atoms with Crippen LogP contribution in [-0.4, -0.2) is 76.5 Å². The Balaban J connectivity index is 0. The third-order valence-corrected chi connectivity index (χ3v) is 1.99. The maximum absolute atomic E-state index is 11.4. The van der Waals surface area contributed by atoms with E-state index in [0.717, 1.165) is 12.8 Å². The first-order chi connectivity index (χ1) is 7.17. The first kappa shape index (κ1) is 18.9. The Morgan fingerprint density at radius 1 is 1.00 bits per heavy atom. The smallest absolute Gasteiger partial charge is 0.320 e. The van der Waals surface area contributed by atoms with Crippen molar-refractivity contribution in [1.82, 2.24) is 0 Å². The Morgan fingerprint density at radius 3 is 1.75 bits per heavy atom. The van der Waals surface area contributed by atoms with E-state index in [1.807, 2.05) is 6.92 Å². The Labute approximate surface area is 140 Å². The molecule has 0 saturated carbocycles. The predicted molar refractivity (Wildman–Crippen MR) is 62.0 cm³/mol. The zero-order valence-corrected chi connectivity index (χ0v) is 13.9. The summed E-state index contributed by atoms with van der Waals surface area (Å²) in [5.41, 5.74) is 0. The van der Waals surface area contributed by atoms with E-state index in [2.05, 4.69) is 0 Å². The van der Waals surface area contributed by atoms with E-state index < -0.39 is 17.9 Å². The van der Waals surface area contributed by atoms with Crippen LogP contribution in [0.5, 0.6) is 0 Å². The zero-order chi connectivity index (χ0) is 11.7. The quantitative estimate of drug-likeness (QED) is 0.393. The van der Waals surface area contributed by atoms with Crippen molar-refractivity contribution < 1.29 is 19.1 Å². The average molecular weight is 255 g/mol. The molecule has 0 fully saturated rings. The fourth-order valence-electron chi connectivity index (χ4n) is 1.23. The summed E-state index contributed by atoms with van der Waals surface area (Å²) in [6.45, 7) is 6.04. The van der Waals surface area contributed by atoms with Crippen LogP contribution < -0.4 is 0 Å². The van der Waals surface area contributed by atoms with Crippen LogP contribution in [-0.2, 0) is 19.1 Å². The van der Waals surface area contributed by atoms with E-state index in [-0.39, 0.29) is 51.4 Å². The SMILES string of the molecule is CCCCC(C(=O)OCC)C(=O)OCC.[K]. The Bertz CT molecular complexity index is 188. The largest absolute Gasteiger partial charge is 0.465 e. The topological polar surface area (TPSA) is 52.6 Å². The molecule has 0 aliphatic rings. The number of rotatable bonds is 7. The van der Waals surface area contributed by atoms with Gasteiger partial charge in [0, 0.05) is 51.4 Å². The Morgan fingerprint density at radius 2 is 1.44 bits per heavy atom. The Hall–Kier alpha value is 0.576. The summed E-state index contributed by atoms with van der Waals surface area (Å²) in [6, 6.07) is 0. The maximum atomic E-state index is 11.4. The molecule has 0 aromatic carbocycles. The van der Waals surface area contributed by atoms with Gasteiger partial charge in [-0.15, -0.1) is 0 Å². The molecular weight excluding hydrogens is 235 g/mol. The molecule has 0 heterocycles. The number of ether oxygens (including phenoxy) is 2. The third kappa shape index (κ3) is 7.79. The molecule has 0 bridgehead atoms. The second-order valence-electron chi connectivity index (χ2n) is 3.20. The van der Waals surface area contributed by atoms with Crippen molar-refractivity contribution in [1.29, 1.82) is 0 Å². The summed E-state index contributed by atoms with van der Waals surface area (Å²) >= 11 is 0. The van der Waals surface area contributed by atoms with Crippen LogP contribution in [0.25, 0.3) is 0 Å². The van der Waals surface area contributed by atoms with Gasteiger partial charge in [-0.3, -0.25) is 9.59 Å². The molecule has 0 rings (SSSR count). The molecule has 0 atom stereocenters. The van der Waals surface area contributed by atoms with Gasteiger partial charge in [-0.25, -0.2) is 0 Å². The van der Waals surface area contributed by atoms with Gasteiger partial charge in [0.15, 0.2) is 5.92 Å². The van der Waals surface area contributed by atoms with Gasteiger partial charge >= 0.3 is 11.9 Å². The first-order valence-corrected chi connectivity index (χ1v) is 5.50. The van der Waals surface area contributed by atoms with Gasteiger partial charge in [-0.2, -0.15) is 0 Å². The number of carbonyl (C=O) groups excluding carboxylic acids is 2. The van der Waals surface area contributed by atoms with Crippen molar-refractivity contribution in [3.05, 3.63) is 0 Å². The van der Waals surface area contributed by atoms with Crippen LogP contribution in [0, 0.1) is 5.92 Å². The number of carbonyl (C=O) groups is 2. The van der Waals surface area contributed by atoms with Gasteiger partial charge in [0.2, 0.25) is 0 Å². The summed E-state index contributed by atoms with van der Waals surface area (Å²) in [5.74, 6) is -1.68. The summed E-state index contributed by atoms with van der Waals surface area (Å²) in [6.07, 6.45) is 2.27. The Kier molecular flexibility index (Phi) is 14.2. The number of hydrogen-bond donors (Lipinski definition) is 0. The molecule has 0 aliphatic heterocycles. The molecule has 16 heavy (non-hydrogen) atoms. The van der Waals surface area contributed by atoms with Gasteiger partial charge < -0.3 is 9.47 Å². The van der Waals surface area contributed by atoms with Crippen molar-refractivity contribution in [3.8, 4) is 0 Å². The minimum Gasteiger partial charge on any atom is -0.465 e. The fraction of sp³-hybridized carbons (Fsp3) is 0.818. The molecule has 0 aromatic rings. The van der Waals surface area contributed by atoms with Gasteiger partial charge in [0.1, 0.15) is 0 Å². The van der Waals surface area contributed by atoms with Crippen molar-refractivity contribution in [3.63, 3.8) is 0 Å². The standard InChI is InChI=1S/C11H20O4.K/c1-4-7-8-9(10(12)14-5-2)11(13)15-6-3;/h9H,4-8H2,1-3H3;. The second kappa shape index (κ2) is 12.0. The van der Waals surface area contributed by atoms with Crippen molar-refractivity contribution in [2.75, 3.05) is 13.2 Å². The normalized spacial score (nSPS) is 9.50. The average Bonchev–Trinajstić information content (AvgIpc) is 2.19. The summed E-state index contributed by atoms with van der Waals surface area (Å²) in [7, 11) is 0. The molecule has 0 aromatic heterocycles. The fourth-order valence-corrected chi connectivity index (χ4v) is 1.23. The molecular formula is C11H20KO4. The van der Waals surface area contributed by atoms with Crippen molar-refractivity contribution in [2.45, 2.75) is 40.0 Å². The number of hydrogen-bond acceptors (Lipinski definition) is 4. The molecule has 0 aliphatic carbocycles. The van der Waals surface area contributed by atoms with Crippen LogP contribution in [0.4, 0.5) is 0 Å². The summed E-state index contributed by atoms with van der Waals surface area (Å²) < 4.78 is 9.66. The minimum atomic E-state index is -0.746. The number of esters is 2. The van der Waals surface area contributed by atoms with Crippen LogP contribution in [0.1, 0.15) is 40.0 Å². The van der Waals surface area contributed by atoms with Crippen molar-refractivity contribution in [2.24, 2.45) is 5.92 Å². The molecule has 0 amide bonds. The molecule has 1 radical (unpaired) electrons. The van der Waals surface area contributed by atoms with E-state index in [9.17, 15) is 9.59 Å². The van der Waals surface area contributed by atoms with Gasteiger partial charge in [0.25, 0.3) is 0 Å². The monoisotopic (exact) mass is 255 g/mol. The van der Waals surface area contributed by atoms with Crippen LogP contribution in [0.2, 0.25) is 0 Å².